The molecule has 1 rings (SSSR count). The summed E-state index contributed by atoms with van der Waals surface area (Å²) in [7, 11) is 0. The lowest BCUT2D eigenvalue weighted by Gasteiger charge is -2.22. The Morgan fingerprint density at radius 3 is 3.08 bits per heavy atom. The molecular weight excluding hydrogens is 150 g/mol. The molecule has 0 amide bonds. The van der Waals surface area contributed by atoms with E-state index in [1.165, 1.54) is 25.9 Å². The van der Waals surface area contributed by atoms with Crippen molar-refractivity contribution in [1.29, 1.82) is 0 Å². The molecule has 4 N–H and O–H groups in total. The van der Waals surface area contributed by atoms with E-state index in [2.05, 4.69) is 10.6 Å². The van der Waals surface area contributed by atoms with E-state index in [-0.39, 0.29) is 0 Å². The summed E-state index contributed by atoms with van der Waals surface area (Å²) < 4.78 is 0. The highest BCUT2D eigenvalue weighted by Gasteiger charge is 2.11. The van der Waals surface area contributed by atoms with Crippen LogP contribution in [0.15, 0.2) is 0 Å². The van der Waals surface area contributed by atoms with E-state index < -0.39 is 0 Å². The van der Waals surface area contributed by atoms with Crippen molar-refractivity contribution in [1.82, 2.24) is 10.6 Å². The van der Waals surface area contributed by atoms with Crippen molar-refractivity contribution in [2.45, 2.75) is 19.3 Å². The number of nitrogens with one attached hydrogen (secondary N) is 2. The zero-order chi connectivity index (χ0) is 8.65. The van der Waals surface area contributed by atoms with Crippen LogP contribution < -0.4 is 16.4 Å². The Morgan fingerprint density at radius 1 is 1.50 bits per heavy atom. The van der Waals surface area contributed by atoms with Gasteiger partial charge in [0.15, 0.2) is 0 Å². The molecule has 3 heteroatoms. The van der Waals surface area contributed by atoms with Gasteiger partial charge in [-0.15, -0.1) is 0 Å². The quantitative estimate of drug-likeness (QED) is 0.507. The van der Waals surface area contributed by atoms with Crippen LogP contribution in [-0.4, -0.2) is 32.7 Å². The molecule has 3 nitrogen and oxygen atoms in total. The topological polar surface area (TPSA) is 50.1 Å². The Kier molecular flexibility index (Phi) is 5.32. The average molecular weight is 171 g/mol. The molecule has 1 fully saturated rings. The third-order valence-electron chi connectivity index (χ3n) is 2.39. The summed E-state index contributed by atoms with van der Waals surface area (Å²) in [6.45, 7) is 5.44. The first-order chi connectivity index (χ1) is 5.93. The fourth-order valence-electron chi connectivity index (χ4n) is 1.63. The third kappa shape index (κ3) is 4.04. The van der Waals surface area contributed by atoms with E-state index in [4.69, 9.17) is 5.73 Å². The van der Waals surface area contributed by atoms with Crippen molar-refractivity contribution in [3.05, 3.63) is 0 Å². The lowest BCUT2D eigenvalue weighted by Crippen LogP contribution is -2.36. The number of hydrogen-bond donors (Lipinski definition) is 3. The Bertz CT molecular complexity index is 99.9. The van der Waals surface area contributed by atoms with Crippen molar-refractivity contribution in [2.24, 2.45) is 11.7 Å². The molecule has 0 aliphatic carbocycles. The van der Waals surface area contributed by atoms with Gasteiger partial charge >= 0.3 is 0 Å². The summed E-state index contributed by atoms with van der Waals surface area (Å²) in [5.74, 6) is 0.844. The van der Waals surface area contributed by atoms with Gasteiger partial charge in [0.25, 0.3) is 0 Å². The second kappa shape index (κ2) is 6.40. The maximum atomic E-state index is 5.40. The summed E-state index contributed by atoms with van der Waals surface area (Å²) in [5, 5.41) is 6.85. The Hall–Kier alpha value is -0.120. The number of hydrogen-bond acceptors (Lipinski definition) is 3. The van der Waals surface area contributed by atoms with Crippen molar-refractivity contribution in [2.75, 3.05) is 32.7 Å². The fourth-order valence-corrected chi connectivity index (χ4v) is 1.63. The van der Waals surface area contributed by atoms with Gasteiger partial charge in [0.2, 0.25) is 0 Å². The van der Waals surface area contributed by atoms with Gasteiger partial charge in [-0.2, -0.15) is 0 Å². The summed E-state index contributed by atoms with van der Waals surface area (Å²) in [6, 6.07) is 0. The van der Waals surface area contributed by atoms with Crippen LogP contribution in [0.1, 0.15) is 19.3 Å². The molecule has 0 aromatic heterocycles. The van der Waals surface area contributed by atoms with E-state index >= 15 is 0 Å². The van der Waals surface area contributed by atoms with Crippen LogP contribution in [0.3, 0.4) is 0 Å². The molecule has 1 heterocycles. The summed E-state index contributed by atoms with van der Waals surface area (Å²) in [4.78, 5) is 0. The molecule has 0 spiro atoms. The standard InChI is InChI=1S/C9H21N3/c10-4-2-6-12-8-9-3-1-5-11-7-9/h9,11-12H,1-8,10H2. The maximum Gasteiger partial charge on any atom is -0.000836 e. The number of piperidine rings is 1. The summed E-state index contributed by atoms with van der Waals surface area (Å²) in [5.41, 5.74) is 5.40. The number of rotatable bonds is 5. The molecule has 72 valence electrons. The normalized spacial score (nSPS) is 24.2. The molecule has 1 aliphatic rings. The second-order valence-electron chi connectivity index (χ2n) is 3.56. The highest BCUT2D eigenvalue weighted by Crippen LogP contribution is 2.07. The van der Waals surface area contributed by atoms with Gasteiger partial charge < -0.3 is 16.4 Å². The van der Waals surface area contributed by atoms with Gasteiger partial charge in [-0.3, -0.25) is 0 Å². The smallest absolute Gasteiger partial charge is 0.000836 e. The third-order valence-corrected chi connectivity index (χ3v) is 2.39. The van der Waals surface area contributed by atoms with Gasteiger partial charge in [-0.25, -0.2) is 0 Å². The zero-order valence-corrected chi connectivity index (χ0v) is 7.81. The Morgan fingerprint density at radius 2 is 2.42 bits per heavy atom. The highest BCUT2D eigenvalue weighted by atomic mass is 14.9. The molecule has 1 unspecified atom stereocenters. The van der Waals surface area contributed by atoms with E-state index in [1.54, 1.807) is 0 Å². The van der Waals surface area contributed by atoms with Gasteiger partial charge in [-0.1, -0.05) is 0 Å². The number of nitrogens with two attached hydrogens (primary N) is 1. The lowest BCUT2D eigenvalue weighted by atomic mass is 10.00. The fraction of sp³-hybridized carbons (Fsp3) is 1.00. The highest BCUT2D eigenvalue weighted by molar-refractivity contribution is 4.70. The molecule has 0 radical (unpaired) electrons. The van der Waals surface area contributed by atoms with Crippen molar-refractivity contribution < 1.29 is 0 Å². The van der Waals surface area contributed by atoms with Crippen LogP contribution in [0.25, 0.3) is 0 Å². The Labute approximate surface area is 75.1 Å². The largest absolute Gasteiger partial charge is 0.330 e. The first kappa shape index (κ1) is 9.96. The van der Waals surface area contributed by atoms with E-state index in [9.17, 15) is 0 Å². The first-order valence-corrected chi connectivity index (χ1v) is 5.05. The Balaban J connectivity index is 1.91. The zero-order valence-electron chi connectivity index (χ0n) is 7.81. The molecule has 0 aromatic carbocycles. The molecule has 1 atom stereocenters. The second-order valence-corrected chi connectivity index (χ2v) is 3.56. The van der Waals surface area contributed by atoms with Crippen LogP contribution in [-0.2, 0) is 0 Å². The molecule has 12 heavy (non-hydrogen) atoms. The minimum Gasteiger partial charge on any atom is -0.330 e. The van der Waals surface area contributed by atoms with E-state index in [1.807, 2.05) is 0 Å². The lowest BCUT2D eigenvalue weighted by molar-refractivity contribution is 0.360. The minimum absolute atomic E-state index is 0.802. The van der Waals surface area contributed by atoms with E-state index in [0.717, 1.165) is 32.0 Å². The molecule has 0 bridgehead atoms. The van der Waals surface area contributed by atoms with Crippen LogP contribution >= 0.6 is 0 Å². The maximum absolute atomic E-state index is 5.40. The van der Waals surface area contributed by atoms with Gasteiger partial charge in [0.1, 0.15) is 0 Å². The van der Waals surface area contributed by atoms with Crippen LogP contribution in [0, 0.1) is 5.92 Å². The van der Waals surface area contributed by atoms with Gasteiger partial charge in [-0.05, 0) is 57.9 Å². The predicted octanol–water partition coefficient (Wildman–Crippen LogP) is -0.0756. The molecule has 0 saturated carbocycles. The monoisotopic (exact) mass is 171 g/mol. The van der Waals surface area contributed by atoms with Gasteiger partial charge in [0, 0.05) is 0 Å². The average Bonchev–Trinajstić information content (AvgIpc) is 2.14. The van der Waals surface area contributed by atoms with Crippen LogP contribution in [0.5, 0.6) is 0 Å². The molecule has 0 aromatic rings. The van der Waals surface area contributed by atoms with Crippen LogP contribution in [0.4, 0.5) is 0 Å². The SMILES string of the molecule is NCCCNCC1CCCNC1. The van der Waals surface area contributed by atoms with Crippen LogP contribution in [0.2, 0.25) is 0 Å². The first-order valence-electron chi connectivity index (χ1n) is 5.05. The molecular formula is C9H21N3. The summed E-state index contributed by atoms with van der Waals surface area (Å²) in [6.07, 6.45) is 3.81. The van der Waals surface area contributed by atoms with Crippen molar-refractivity contribution in [3.8, 4) is 0 Å². The van der Waals surface area contributed by atoms with E-state index in [0.29, 0.717) is 0 Å². The van der Waals surface area contributed by atoms with Crippen molar-refractivity contribution in [3.63, 3.8) is 0 Å². The van der Waals surface area contributed by atoms with Crippen molar-refractivity contribution >= 4 is 0 Å². The molecule has 1 saturated heterocycles. The minimum atomic E-state index is 0.802. The summed E-state index contributed by atoms with van der Waals surface area (Å²) >= 11 is 0. The predicted molar refractivity (Wildman–Crippen MR) is 52.1 cm³/mol. The molecule has 1 aliphatic heterocycles. The van der Waals surface area contributed by atoms with Gasteiger partial charge in [0.05, 0.1) is 0 Å².